The third-order valence-electron chi connectivity index (χ3n) is 4.21. The van der Waals surface area contributed by atoms with E-state index < -0.39 is 44.5 Å². The van der Waals surface area contributed by atoms with Crippen molar-refractivity contribution in [2.24, 2.45) is 0 Å². The summed E-state index contributed by atoms with van der Waals surface area (Å²) in [5.41, 5.74) is 4.77. The minimum absolute atomic E-state index is 0.0334. The number of alkyl halides is 1. The second-order valence-electron chi connectivity index (χ2n) is 6.00. The Morgan fingerprint density at radius 1 is 1.46 bits per heavy atom. The lowest BCUT2D eigenvalue weighted by atomic mass is 10.1. The van der Waals surface area contributed by atoms with Gasteiger partial charge in [-0.1, -0.05) is 0 Å². The summed E-state index contributed by atoms with van der Waals surface area (Å²) in [7, 11) is -4.28. The van der Waals surface area contributed by atoms with Crippen LogP contribution in [-0.2, 0) is 13.8 Å². The van der Waals surface area contributed by atoms with Crippen LogP contribution >= 0.6 is 7.75 Å². The molecule has 15 heteroatoms. The first-order chi connectivity index (χ1) is 13.3. The van der Waals surface area contributed by atoms with E-state index in [-0.39, 0.29) is 17.1 Å². The summed E-state index contributed by atoms with van der Waals surface area (Å²) in [5, 5.41) is 10.1. The van der Waals surface area contributed by atoms with Gasteiger partial charge in [-0.05, 0) is 0 Å². The van der Waals surface area contributed by atoms with E-state index in [2.05, 4.69) is 19.9 Å². The van der Waals surface area contributed by atoms with Gasteiger partial charge in [0.15, 0.2) is 23.6 Å². The Bertz CT molecular complexity index is 1100. The lowest BCUT2D eigenvalue weighted by Crippen LogP contribution is -2.31. The number of aromatic amines is 1. The van der Waals surface area contributed by atoms with Gasteiger partial charge >= 0.3 is 7.75 Å². The van der Waals surface area contributed by atoms with Crippen molar-refractivity contribution in [1.82, 2.24) is 28.8 Å². The van der Waals surface area contributed by atoms with Crippen LogP contribution in [0.4, 0.5) is 10.3 Å². The molecule has 28 heavy (non-hydrogen) atoms. The van der Waals surface area contributed by atoms with Crippen LogP contribution in [0, 0.1) is 0 Å². The summed E-state index contributed by atoms with van der Waals surface area (Å²) in [6.45, 7) is -0.577. The van der Waals surface area contributed by atoms with Crippen molar-refractivity contribution in [3.05, 3.63) is 35.4 Å². The van der Waals surface area contributed by atoms with Crippen LogP contribution in [0.5, 0.6) is 0 Å². The van der Waals surface area contributed by atoms with Gasteiger partial charge in [0.2, 0.25) is 5.95 Å². The molecule has 0 aliphatic carbocycles. The Morgan fingerprint density at radius 3 is 2.96 bits per heavy atom. The van der Waals surface area contributed by atoms with Crippen LogP contribution < -0.4 is 11.3 Å². The smallest absolute Gasteiger partial charge is 0.387 e. The van der Waals surface area contributed by atoms with E-state index >= 15 is 0 Å². The molecule has 5 N–H and O–H groups in total. The molecule has 4 rings (SSSR count). The number of hydrogen-bond acceptors (Lipinski definition) is 9. The van der Waals surface area contributed by atoms with Gasteiger partial charge in [-0.25, -0.2) is 23.3 Å². The molecule has 3 aromatic rings. The fraction of sp³-hybridized carbons (Fsp3) is 0.385. The summed E-state index contributed by atoms with van der Waals surface area (Å²) in [5.74, 6) is -0.199. The molecule has 4 heterocycles. The van der Waals surface area contributed by atoms with Crippen molar-refractivity contribution in [3.63, 3.8) is 0 Å². The highest BCUT2D eigenvalue weighted by atomic mass is 31.2. The Hall–Kier alpha value is -2.64. The molecule has 0 radical (unpaired) electrons. The van der Waals surface area contributed by atoms with Gasteiger partial charge in [-0.3, -0.25) is 18.9 Å². The van der Waals surface area contributed by atoms with Crippen LogP contribution in [0.25, 0.3) is 11.2 Å². The summed E-state index contributed by atoms with van der Waals surface area (Å²) in [6, 6.07) is 0. The number of fused-ring (bicyclic) bond motifs is 1. The summed E-state index contributed by atoms with van der Waals surface area (Å²) in [6.07, 6.45) is -1.55. The molecule has 1 aliphatic rings. The maximum absolute atomic E-state index is 14.6. The molecule has 150 valence electrons. The molecule has 0 amide bonds. The van der Waals surface area contributed by atoms with Crippen molar-refractivity contribution in [2.45, 2.75) is 24.6 Å². The molecule has 3 aromatic heterocycles. The minimum Gasteiger partial charge on any atom is -0.387 e. The largest absolute Gasteiger partial charge is 0.437 e. The van der Waals surface area contributed by atoms with E-state index in [1.54, 1.807) is 0 Å². The van der Waals surface area contributed by atoms with Gasteiger partial charge in [-0.2, -0.15) is 4.98 Å². The Balaban J connectivity index is 1.55. The molecule has 0 saturated carbocycles. The van der Waals surface area contributed by atoms with Gasteiger partial charge in [0.05, 0.1) is 12.9 Å². The van der Waals surface area contributed by atoms with Crippen LogP contribution in [0.15, 0.2) is 29.8 Å². The number of nitrogens with two attached hydrogens (primary N) is 1. The average Bonchev–Trinajstić information content (AvgIpc) is 3.35. The fourth-order valence-corrected chi connectivity index (χ4v) is 3.73. The Kier molecular flexibility index (Phi) is 4.51. The van der Waals surface area contributed by atoms with E-state index in [4.69, 9.17) is 15.0 Å². The first kappa shape index (κ1) is 18.7. The van der Waals surface area contributed by atoms with E-state index in [1.165, 1.54) is 12.4 Å². The highest BCUT2D eigenvalue weighted by Gasteiger charge is 2.46. The quantitative estimate of drug-likeness (QED) is 0.383. The number of anilines is 1. The molecular formula is C13H15FN7O6P. The van der Waals surface area contributed by atoms with Crippen LogP contribution in [0.2, 0.25) is 0 Å². The van der Waals surface area contributed by atoms with Crippen molar-refractivity contribution in [3.8, 4) is 0 Å². The first-order valence-corrected chi connectivity index (χ1v) is 9.47. The predicted molar refractivity (Wildman–Crippen MR) is 90.8 cm³/mol. The van der Waals surface area contributed by atoms with E-state index in [9.17, 15) is 23.7 Å². The predicted octanol–water partition coefficient (Wildman–Crippen LogP) is -0.840. The zero-order chi connectivity index (χ0) is 20.1. The molecule has 3 unspecified atom stereocenters. The van der Waals surface area contributed by atoms with Crippen molar-refractivity contribution in [1.29, 1.82) is 0 Å². The van der Waals surface area contributed by atoms with Crippen LogP contribution in [-0.4, -0.2) is 63.8 Å². The van der Waals surface area contributed by atoms with Crippen LogP contribution in [0.1, 0.15) is 6.23 Å². The maximum atomic E-state index is 14.6. The standard InChI is InChI=1S/C13H15FN7O6P/c14-7-9(22)6(3-26-28(24,25)20-2-1-16-4-20)27-12(7)21-5-17-8-10(21)18-13(15)19-11(8)23/h1-2,4-7,9,12,22H,3H2,(H,24,25)(H3,15,18,19,23)/t6-,7?,9?,12-/m1/s1. The second kappa shape index (κ2) is 6.76. The molecule has 5 atom stereocenters. The maximum Gasteiger partial charge on any atom is 0.437 e. The zero-order valence-corrected chi connectivity index (χ0v) is 14.9. The normalized spacial score (nSPS) is 27.2. The molecule has 1 saturated heterocycles. The molecule has 0 aromatic carbocycles. The molecule has 13 nitrogen and oxygen atoms in total. The third kappa shape index (κ3) is 3.10. The van der Waals surface area contributed by atoms with E-state index in [0.717, 1.165) is 21.6 Å². The number of rotatable bonds is 5. The number of nitrogens with one attached hydrogen (secondary N) is 1. The number of ether oxygens (including phenoxy) is 1. The van der Waals surface area contributed by atoms with Crippen LogP contribution in [0.3, 0.4) is 0 Å². The zero-order valence-electron chi connectivity index (χ0n) is 14.0. The monoisotopic (exact) mass is 415 g/mol. The SMILES string of the molecule is Nc1nc2c(ncn2[C@@H]2O[C@H](COP(=O)(O)n3ccnc3)C(O)C2F)c(=O)[nH]1. The number of aromatic nitrogens is 6. The highest BCUT2D eigenvalue weighted by molar-refractivity contribution is 7.51. The molecular weight excluding hydrogens is 400 g/mol. The number of aliphatic hydroxyl groups excluding tert-OH is 1. The van der Waals surface area contributed by atoms with Gasteiger partial charge in [0.25, 0.3) is 5.56 Å². The minimum atomic E-state index is -4.28. The molecule has 1 fully saturated rings. The second-order valence-corrected chi connectivity index (χ2v) is 7.71. The lowest BCUT2D eigenvalue weighted by Gasteiger charge is -2.18. The van der Waals surface area contributed by atoms with Crippen molar-refractivity contribution in [2.75, 3.05) is 12.3 Å². The number of hydrogen-bond donors (Lipinski definition) is 4. The van der Waals surface area contributed by atoms with E-state index in [0.29, 0.717) is 0 Å². The number of imidazole rings is 2. The number of H-pyrrole nitrogens is 1. The Labute approximate surface area is 155 Å². The fourth-order valence-electron chi connectivity index (χ4n) is 2.83. The van der Waals surface area contributed by atoms with Gasteiger partial charge in [-0.15, -0.1) is 0 Å². The summed E-state index contributed by atoms with van der Waals surface area (Å²) in [4.78, 5) is 35.4. The number of aliphatic hydroxyl groups is 1. The summed E-state index contributed by atoms with van der Waals surface area (Å²) < 4.78 is 39.1. The molecule has 0 bridgehead atoms. The number of nitrogen functional groups attached to an aromatic ring is 1. The van der Waals surface area contributed by atoms with Crippen molar-refractivity contribution < 1.29 is 28.2 Å². The third-order valence-corrected chi connectivity index (χ3v) is 5.51. The lowest BCUT2D eigenvalue weighted by molar-refractivity contribution is -0.0429. The first-order valence-electron chi connectivity index (χ1n) is 7.94. The number of halogens is 1. The molecule has 1 aliphatic heterocycles. The van der Waals surface area contributed by atoms with Gasteiger partial charge in [0.1, 0.15) is 18.5 Å². The highest BCUT2D eigenvalue weighted by Crippen LogP contribution is 2.44. The van der Waals surface area contributed by atoms with E-state index in [1.807, 2.05) is 0 Å². The molecule has 0 spiro atoms. The van der Waals surface area contributed by atoms with Gasteiger partial charge < -0.3 is 20.5 Å². The summed E-state index contributed by atoms with van der Waals surface area (Å²) >= 11 is 0. The Morgan fingerprint density at radius 2 is 2.25 bits per heavy atom. The topological polar surface area (TPSA) is 183 Å². The van der Waals surface area contributed by atoms with Gasteiger partial charge in [0, 0.05) is 12.4 Å². The van der Waals surface area contributed by atoms with Crippen molar-refractivity contribution >= 4 is 24.9 Å². The average molecular weight is 415 g/mol. The number of nitrogens with zero attached hydrogens (tertiary/aromatic N) is 5.